The first-order valence-electron chi connectivity index (χ1n) is 9.88. The number of hydrogen-bond donors (Lipinski definition) is 2. The Hall–Kier alpha value is -2.57. The monoisotopic (exact) mass is 386 g/mol. The van der Waals surface area contributed by atoms with Crippen molar-refractivity contribution < 1.29 is 23.9 Å². The Bertz CT molecular complexity index is 755. The summed E-state index contributed by atoms with van der Waals surface area (Å²) in [4.78, 5) is 36.0. The zero-order chi connectivity index (χ0) is 19.7. The maximum Gasteiger partial charge on any atom is 0.337 e. The SMILES string of the molecule is COC(=O)c1cccc(OCC(=O)NC(=O)NC23CC4CC(CC(C4)C2)C3)c1. The van der Waals surface area contributed by atoms with Crippen molar-refractivity contribution in [3.8, 4) is 5.75 Å². The number of carbonyl (C=O) groups is 3. The van der Waals surface area contributed by atoms with Crippen molar-refractivity contribution in [1.82, 2.24) is 10.6 Å². The largest absolute Gasteiger partial charge is 0.484 e. The second-order valence-electron chi connectivity index (χ2n) is 8.51. The highest BCUT2D eigenvalue weighted by Gasteiger charge is 2.51. The Balaban J connectivity index is 1.27. The van der Waals surface area contributed by atoms with Gasteiger partial charge in [-0.05, 0) is 74.5 Å². The molecule has 7 heteroatoms. The topological polar surface area (TPSA) is 93.7 Å². The normalized spacial score (nSPS) is 29.8. The van der Waals surface area contributed by atoms with E-state index < -0.39 is 17.9 Å². The van der Waals surface area contributed by atoms with E-state index in [-0.39, 0.29) is 12.1 Å². The fourth-order valence-electron chi connectivity index (χ4n) is 5.68. The lowest BCUT2D eigenvalue weighted by Gasteiger charge is -2.56. The first-order chi connectivity index (χ1) is 13.4. The molecule has 2 N–H and O–H groups in total. The van der Waals surface area contributed by atoms with Crippen LogP contribution in [0.3, 0.4) is 0 Å². The number of rotatable bonds is 5. The molecule has 3 amide bonds. The minimum Gasteiger partial charge on any atom is -0.484 e. The predicted octanol–water partition coefficient (Wildman–Crippen LogP) is 2.65. The molecule has 5 rings (SSSR count). The van der Waals surface area contributed by atoms with Crippen LogP contribution in [-0.4, -0.2) is 37.2 Å². The first-order valence-corrected chi connectivity index (χ1v) is 9.88. The van der Waals surface area contributed by atoms with Crippen molar-refractivity contribution >= 4 is 17.9 Å². The summed E-state index contributed by atoms with van der Waals surface area (Å²) in [5.74, 6) is 1.50. The molecule has 0 aliphatic heterocycles. The summed E-state index contributed by atoms with van der Waals surface area (Å²) in [5, 5.41) is 5.47. The van der Waals surface area contributed by atoms with Crippen LogP contribution < -0.4 is 15.4 Å². The average Bonchev–Trinajstić information content (AvgIpc) is 2.64. The van der Waals surface area contributed by atoms with Crippen molar-refractivity contribution in [2.75, 3.05) is 13.7 Å². The number of carbonyl (C=O) groups excluding carboxylic acids is 3. The fraction of sp³-hybridized carbons (Fsp3) is 0.571. The van der Waals surface area contributed by atoms with Crippen LogP contribution in [0.4, 0.5) is 4.79 Å². The van der Waals surface area contributed by atoms with Crippen molar-refractivity contribution in [2.45, 2.75) is 44.1 Å². The molecule has 1 aromatic rings. The molecule has 28 heavy (non-hydrogen) atoms. The molecular weight excluding hydrogens is 360 g/mol. The van der Waals surface area contributed by atoms with Gasteiger partial charge in [0.2, 0.25) is 0 Å². The molecule has 1 aromatic carbocycles. The van der Waals surface area contributed by atoms with Crippen LogP contribution in [0.5, 0.6) is 5.75 Å². The lowest BCUT2D eigenvalue weighted by Crippen LogP contribution is -2.62. The number of ether oxygens (including phenoxy) is 2. The van der Waals surface area contributed by atoms with Gasteiger partial charge in [0, 0.05) is 5.54 Å². The van der Waals surface area contributed by atoms with Gasteiger partial charge in [0.1, 0.15) is 5.75 Å². The number of hydrogen-bond acceptors (Lipinski definition) is 5. The van der Waals surface area contributed by atoms with Gasteiger partial charge in [-0.2, -0.15) is 0 Å². The number of benzene rings is 1. The number of esters is 1. The van der Waals surface area contributed by atoms with Gasteiger partial charge in [-0.25, -0.2) is 9.59 Å². The molecular formula is C21H26N2O5. The average molecular weight is 386 g/mol. The van der Waals surface area contributed by atoms with Gasteiger partial charge >= 0.3 is 12.0 Å². The van der Waals surface area contributed by atoms with Gasteiger partial charge < -0.3 is 14.8 Å². The molecule has 4 fully saturated rings. The predicted molar refractivity (Wildman–Crippen MR) is 101 cm³/mol. The number of amides is 3. The summed E-state index contributed by atoms with van der Waals surface area (Å²) < 4.78 is 10.1. The number of nitrogens with one attached hydrogen (secondary N) is 2. The lowest BCUT2D eigenvalue weighted by molar-refractivity contribution is -0.122. The molecule has 4 saturated carbocycles. The van der Waals surface area contributed by atoms with Gasteiger partial charge in [-0.15, -0.1) is 0 Å². The molecule has 0 saturated heterocycles. The Morgan fingerprint density at radius 1 is 1.07 bits per heavy atom. The van der Waals surface area contributed by atoms with Gasteiger partial charge in [-0.1, -0.05) is 6.07 Å². The van der Waals surface area contributed by atoms with Crippen molar-refractivity contribution in [3.63, 3.8) is 0 Å². The summed E-state index contributed by atoms with van der Waals surface area (Å²) in [6.45, 7) is -0.307. The Morgan fingerprint density at radius 3 is 2.32 bits per heavy atom. The van der Waals surface area contributed by atoms with Gasteiger partial charge in [-0.3, -0.25) is 10.1 Å². The molecule has 0 atom stereocenters. The van der Waals surface area contributed by atoms with Crippen molar-refractivity contribution in [1.29, 1.82) is 0 Å². The molecule has 4 bridgehead atoms. The summed E-state index contributed by atoms with van der Waals surface area (Å²) >= 11 is 0. The molecule has 0 aromatic heterocycles. The van der Waals surface area contributed by atoms with E-state index in [2.05, 4.69) is 15.4 Å². The highest BCUT2D eigenvalue weighted by Crippen LogP contribution is 2.55. The van der Waals surface area contributed by atoms with E-state index in [0.717, 1.165) is 19.3 Å². The smallest absolute Gasteiger partial charge is 0.337 e. The maximum atomic E-state index is 12.4. The minimum absolute atomic E-state index is 0.144. The quantitative estimate of drug-likeness (QED) is 0.759. The highest BCUT2D eigenvalue weighted by atomic mass is 16.5. The number of urea groups is 1. The second-order valence-corrected chi connectivity index (χ2v) is 8.51. The summed E-state index contributed by atoms with van der Waals surface area (Å²) in [6, 6.07) is 5.92. The van der Waals surface area contributed by atoms with Crippen LogP contribution in [-0.2, 0) is 9.53 Å². The maximum absolute atomic E-state index is 12.4. The Labute approximate surface area is 164 Å². The van der Waals surface area contributed by atoms with Gasteiger partial charge in [0.05, 0.1) is 12.7 Å². The summed E-state index contributed by atoms with van der Waals surface area (Å²) in [7, 11) is 1.30. The number of methoxy groups -OCH3 is 1. The van der Waals surface area contributed by atoms with Crippen LogP contribution >= 0.6 is 0 Å². The lowest BCUT2D eigenvalue weighted by atomic mass is 9.53. The highest BCUT2D eigenvalue weighted by molar-refractivity contribution is 5.95. The third-order valence-corrected chi connectivity index (χ3v) is 6.29. The van der Waals surface area contributed by atoms with E-state index in [1.54, 1.807) is 18.2 Å². The Morgan fingerprint density at radius 2 is 1.71 bits per heavy atom. The second kappa shape index (κ2) is 7.45. The molecule has 4 aliphatic rings. The molecule has 150 valence electrons. The van der Waals surface area contributed by atoms with E-state index in [0.29, 0.717) is 29.1 Å². The summed E-state index contributed by atoms with van der Waals surface area (Å²) in [5.41, 5.74) is 0.189. The number of imide groups is 1. The zero-order valence-electron chi connectivity index (χ0n) is 16.0. The van der Waals surface area contributed by atoms with Crippen LogP contribution in [0.25, 0.3) is 0 Å². The zero-order valence-corrected chi connectivity index (χ0v) is 16.0. The first kappa shape index (κ1) is 18.8. The molecule has 0 unspecified atom stereocenters. The standard InChI is InChI=1S/C21H26N2O5/c1-27-19(25)16-3-2-4-17(8-16)28-12-18(24)22-20(26)23-21-9-13-5-14(10-21)7-15(6-13)11-21/h2-4,8,13-15H,5-7,9-12H2,1H3,(H2,22,23,24,26). The molecule has 0 spiro atoms. The minimum atomic E-state index is -0.523. The molecule has 0 radical (unpaired) electrons. The fourth-order valence-corrected chi connectivity index (χ4v) is 5.68. The Kier molecular flexibility index (Phi) is 5.00. The van der Waals surface area contributed by atoms with E-state index in [9.17, 15) is 14.4 Å². The molecule has 4 aliphatic carbocycles. The third kappa shape index (κ3) is 3.98. The summed E-state index contributed by atoms with van der Waals surface area (Å²) in [6.07, 6.45) is 6.95. The van der Waals surface area contributed by atoms with Crippen LogP contribution in [0.15, 0.2) is 24.3 Å². The van der Waals surface area contributed by atoms with Crippen molar-refractivity contribution in [2.24, 2.45) is 17.8 Å². The van der Waals surface area contributed by atoms with Crippen LogP contribution in [0.2, 0.25) is 0 Å². The van der Waals surface area contributed by atoms with Gasteiger partial charge in [0.25, 0.3) is 5.91 Å². The van der Waals surface area contributed by atoms with E-state index >= 15 is 0 Å². The van der Waals surface area contributed by atoms with Gasteiger partial charge in [0.15, 0.2) is 6.61 Å². The van der Waals surface area contributed by atoms with E-state index in [1.807, 2.05) is 0 Å². The van der Waals surface area contributed by atoms with E-state index in [1.165, 1.54) is 32.4 Å². The molecule has 0 heterocycles. The van der Waals surface area contributed by atoms with Crippen molar-refractivity contribution in [3.05, 3.63) is 29.8 Å². The molecule has 7 nitrogen and oxygen atoms in total. The van der Waals surface area contributed by atoms with Crippen LogP contribution in [0.1, 0.15) is 48.9 Å². The third-order valence-electron chi connectivity index (χ3n) is 6.29. The van der Waals surface area contributed by atoms with Crippen LogP contribution in [0, 0.1) is 17.8 Å². The van der Waals surface area contributed by atoms with E-state index in [4.69, 9.17) is 4.74 Å².